The van der Waals surface area contributed by atoms with Gasteiger partial charge in [-0.15, -0.1) is 0 Å². The van der Waals surface area contributed by atoms with Crippen molar-refractivity contribution in [3.05, 3.63) is 0 Å². The van der Waals surface area contributed by atoms with Gasteiger partial charge in [-0.25, -0.2) is 0 Å². The van der Waals surface area contributed by atoms with Crippen LogP contribution in [-0.2, 0) is 4.79 Å². The molecule has 2 heteroatoms. The van der Waals surface area contributed by atoms with E-state index in [2.05, 4.69) is 20.8 Å². The van der Waals surface area contributed by atoms with Crippen LogP contribution < -0.4 is 0 Å². The van der Waals surface area contributed by atoms with E-state index in [4.69, 9.17) is 0 Å². The zero-order chi connectivity index (χ0) is 21.7. The van der Waals surface area contributed by atoms with Crippen molar-refractivity contribution >= 4 is 5.78 Å². The monoisotopic (exact) mass is 416 g/mol. The first-order valence-electron chi connectivity index (χ1n) is 13.4. The van der Waals surface area contributed by atoms with Gasteiger partial charge in [0.15, 0.2) is 0 Å². The lowest BCUT2D eigenvalue weighted by atomic mass is 9.45. The second-order valence-electron chi connectivity index (χ2n) is 12.6. The molecule has 0 heterocycles. The Morgan fingerprint density at radius 2 is 1.67 bits per heavy atom. The molecule has 0 bridgehead atoms. The van der Waals surface area contributed by atoms with Crippen LogP contribution in [0.4, 0.5) is 0 Å². The molecular weight excluding hydrogens is 368 g/mol. The van der Waals surface area contributed by atoms with Crippen LogP contribution in [0.15, 0.2) is 0 Å². The zero-order valence-electron chi connectivity index (χ0n) is 20.5. The van der Waals surface area contributed by atoms with E-state index in [1.807, 2.05) is 13.8 Å². The van der Waals surface area contributed by atoms with Gasteiger partial charge in [0.1, 0.15) is 5.78 Å². The van der Waals surface area contributed by atoms with Crippen molar-refractivity contribution in [1.29, 1.82) is 0 Å². The maximum atomic E-state index is 12.2. The molecule has 0 amide bonds. The van der Waals surface area contributed by atoms with Crippen molar-refractivity contribution in [2.24, 2.45) is 52.8 Å². The lowest BCUT2D eigenvalue weighted by Gasteiger charge is -2.60. The summed E-state index contributed by atoms with van der Waals surface area (Å²) >= 11 is 0. The number of hydrogen-bond acceptors (Lipinski definition) is 2. The molecule has 0 aliphatic heterocycles. The predicted octanol–water partition coefficient (Wildman–Crippen LogP) is 7.04. The van der Waals surface area contributed by atoms with Crippen LogP contribution in [0.1, 0.15) is 112 Å². The lowest BCUT2D eigenvalue weighted by Crippen LogP contribution is -2.54. The molecule has 4 rings (SSSR count). The molecule has 0 spiro atoms. The first kappa shape index (κ1) is 22.8. The average molecular weight is 417 g/mol. The zero-order valence-corrected chi connectivity index (χ0v) is 20.5. The summed E-state index contributed by atoms with van der Waals surface area (Å²) in [6, 6.07) is 0. The van der Waals surface area contributed by atoms with Crippen molar-refractivity contribution in [2.75, 3.05) is 0 Å². The second-order valence-corrected chi connectivity index (χ2v) is 12.6. The number of aliphatic hydroxyl groups is 1. The van der Waals surface area contributed by atoms with Gasteiger partial charge in [-0.1, -0.05) is 34.6 Å². The highest BCUT2D eigenvalue weighted by Gasteiger charge is 2.58. The molecule has 0 unspecified atom stereocenters. The molecule has 0 saturated heterocycles. The first-order valence-corrected chi connectivity index (χ1v) is 13.4. The minimum absolute atomic E-state index is 0.195. The number of fused-ring (bicyclic) bond motifs is 5. The van der Waals surface area contributed by atoms with E-state index >= 15 is 0 Å². The fraction of sp³-hybridized carbons (Fsp3) is 0.964. The van der Waals surface area contributed by atoms with Crippen LogP contribution in [-0.4, -0.2) is 16.5 Å². The fourth-order valence-electron chi connectivity index (χ4n) is 8.92. The molecule has 30 heavy (non-hydrogen) atoms. The van der Waals surface area contributed by atoms with Gasteiger partial charge < -0.3 is 5.11 Å². The topological polar surface area (TPSA) is 37.3 Å². The van der Waals surface area contributed by atoms with E-state index in [0.29, 0.717) is 17.1 Å². The first-order chi connectivity index (χ1) is 14.2. The second kappa shape index (κ2) is 8.53. The highest BCUT2D eigenvalue weighted by molar-refractivity contribution is 5.80. The predicted molar refractivity (Wildman–Crippen MR) is 124 cm³/mol. The van der Waals surface area contributed by atoms with Crippen LogP contribution in [0.3, 0.4) is 0 Å². The molecule has 1 N–H and O–H groups in total. The van der Waals surface area contributed by atoms with Crippen molar-refractivity contribution in [3.63, 3.8) is 0 Å². The normalized spacial score (nSPS) is 46.8. The van der Waals surface area contributed by atoms with Crippen molar-refractivity contribution < 1.29 is 9.90 Å². The van der Waals surface area contributed by atoms with Crippen LogP contribution in [0.25, 0.3) is 0 Å². The Morgan fingerprint density at radius 1 is 0.967 bits per heavy atom. The third-order valence-electron chi connectivity index (χ3n) is 11.1. The van der Waals surface area contributed by atoms with Crippen LogP contribution >= 0.6 is 0 Å². The van der Waals surface area contributed by atoms with E-state index in [1.54, 1.807) is 0 Å². The minimum Gasteiger partial charge on any atom is -0.390 e. The van der Waals surface area contributed by atoms with Crippen LogP contribution in [0.2, 0.25) is 0 Å². The summed E-state index contributed by atoms with van der Waals surface area (Å²) in [6.07, 6.45) is 14.6. The summed E-state index contributed by atoms with van der Waals surface area (Å²) < 4.78 is 0. The molecule has 0 aromatic carbocycles. The van der Waals surface area contributed by atoms with Gasteiger partial charge in [-0.2, -0.15) is 0 Å². The number of Topliss-reactive ketones (excluding diaryl/α,β-unsaturated/α-hetero) is 1. The smallest absolute Gasteiger partial charge is 0.135 e. The summed E-state index contributed by atoms with van der Waals surface area (Å²) in [7, 11) is 0. The van der Waals surface area contributed by atoms with Gasteiger partial charge in [0.25, 0.3) is 0 Å². The molecule has 9 atom stereocenters. The molecular formula is C28H48O2. The highest BCUT2D eigenvalue weighted by atomic mass is 16.3. The Labute approximate surface area is 186 Å². The maximum Gasteiger partial charge on any atom is 0.135 e. The standard InChI is InChI=1S/C28H48O2/c1-6-28(30)16-15-27(5)20(17-28)8-9-24-23-11-10-21(22(23)12-13-25(24)27)19(4)7-14-26(29)18(2)3/h18-25,30H,6-17H2,1-5H3/t19-,20+,21-,22-,23-,24+,25+,27+,28+/m1/s1. The maximum absolute atomic E-state index is 12.2. The number of hydrogen-bond donors (Lipinski definition) is 1. The number of rotatable bonds is 6. The Hall–Kier alpha value is -0.370. The van der Waals surface area contributed by atoms with Crippen molar-refractivity contribution in [1.82, 2.24) is 0 Å². The molecule has 4 saturated carbocycles. The molecule has 4 aliphatic carbocycles. The molecule has 2 nitrogen and oxygen atoms in total. The Morgan fingerprint density at radius 3 is 2.37 bits per heavy atom. The Bertz CT molecular complexity index is 626. The SMILES string of the molecule is CC[C@]1(O)CC[C@@]2(C)[C@@H](CC[C@H]3[C@@H]4CC[C@H]([C@H](C)CCC(=O)C(C)C)[C@H]4CC[C@@H]32)C1. The summed E-state index contributed by atoms with van der Waals surface area (Å²) in [5.41, 5.74) is 0.0954. The molecule has 4 aliphatic rings. The fourth-order valence-corrected chi connectivity index (χ4v) is 8.92. The quantitative estimate of drug-likeness (QED) is 0.504. The van der Waals surface area contributed by atoms with Gasteiger partial charge in [0, 0.05) is 12.3 Å². The summed E-state index contributed by atoms with van der Waals surface area (Å²) in [5.74, 6) is 6.67. The van der Waals surface area contributed by atoms with Gasteiger partial charge in [-0.3, -0.25) is 4.79 Å². The summed E-state index contributed by atoms with van der Waals surface area (Å²) in [6.45, 7) is 11.3. The van der Waals surface area contributed by atoms with Gasteiger partial charge in [0.2, 0.25) is 0 Å². The molecule has 0 aromatic heterocycles. The summed E-state index contributed by atoms with van der Waals surface area (Å²) in [4.78, 5) is 12.2. The van der Waals surface area contributed by atoms with Gasteiger partial charge >= 0.3 is 0 Å². The van der Waals surface area contributed by atoms with E-state index in [9.17, 15) is 9.90 Å². The number of carbonyl (C=O) groups is 1. The van der Waals surface area contributed by atoms with E-state index in [-0.39, 0.29) is 11.5 Å². The van der Waals surface area contributed by atoms with E-state index in [0.717, 1.165) is 67.6 Å². The van der Waals surface area contributed by atoms with Gasteiger partial charge in [0.05, 0.1) is 5.60 Å². The van der Waals surface area contributed by atoms with Crippen LogP contribution in [0.5, 0.6) is 0 Å². The number of ketones is 1. The largest absolute Gasteiger partial charge is 0.390 e. The van der Waals surface area contributed by atoms with Crippen LogP contribution in [0, 0.1) is 52.8 Å². The number of carbonyl (C=O) groups excluding carboxylic acids is 1. The Kier molecular flexibility index (Phi) is 6.48. The molecule has 0 aromatic rings. The molecule has 172 valence electrons. The average Bonchev–Trinajstić information content (AvgIpc) is 3.16. The summed E-state index contributed by atoms with van der Waals surface area (Å²) in [5, 5.41) is 11.0. The lowest BCUT2D eigenvalue weighted by molar-refractivity contribution is -0.140. The van der Waals surface area contributed by atoms with E-state index in [1.165, 1.54) is 44.9 Å². The van der Waals surface area contributed by atoms with E-state index < -0.39 is 0 Å². The molecule has 0 radical (unpaired) electrons. The molecule has 4 fully saturated rings. The van der Waals surface area contributed by atoms with Gasteiger partial charge in [-0.05, 0) is 117 Å². The Balaban J connectivity index is 1.41. The minimum atomic E-state index is -0.379. The highest BCUT2D eigenvalue weighted by Crippen LogP contribution is 2.65. The van der Waals surface area contributed by atoms with Crippen molar-refractivity contribution in [3.8, 4) is 0 Å². The van der Waals surface area contributed by atoms with Crippen molar-refractivity contribution in [2.45, 2.75) is 117 Å². The third-order valence-corrected chi connectivity index (χ3v) is 11.1. The third kappa shape index (κ3) is 3.93.